The molecule has 0 spiro atoms. The van der Waals surface area contributed by atoms with Gasteiger partial charge in [-0.1, -0.05) is 25.9 Å². The van der Waals surface area contributed by atoms with Crippen molar-refractivity contribution in [3.63, 3.8) is 0 Å². The van der Waals surface area contributed by atoms with E-state index in [-0.39, 0.29) is 32.7 Å². The number of nitrogens with zero attached hydrogens (tertiary/aromatic N) is 2. The van der Waals surface area contributed by atoms with E-state index in [1.54, 1.807) is 0 Å². The van der Waals surface area contributed by atoms with Gasteiger partial charge in [-0.2, -0.15) is 0 Å². The second-order valence-corrected chi connectivity index (χ2v) is 3.96. The van der Waals surface area contributed by atoms with Crippen molar-refractivity contribution in [1.29, 1.82) is 0 Å². The standard InChI is InChI=1S/2C7H10N.Y/c2*1-7(2)8-5-3-4-6-8;/h2*3-7H,1H2,2H3;/q2*-1;/t2*7-;/m11./s1. The Kier molecular flexibility index (Phi) is 8.54. The van der Waals surface area contributed by atoms with Crippen molar-refractivity contribution >= 4 is 0 Å². The van der Waals surface area contributed by atoms with Crippen LogP contribution in [-0.2, 0) is 32.7 Å². The minimum Gasteiger partial charge on any atom is -0.381 e. The first-order valence-corrected chi connectivity index (χ1v) is 5.52. The summed E-state index contributed by atoms with van der Waals surface area (Å²) in [6, 6.07) is 8.71. The van der Waals surface area contributed by atoms with Crippen LogP contribution in [0, 0.1) is 13.8 Å². The molecular weight excluding hydrogens is 285 g/mol. The Morgan fingerprint density at radius 3 is 1.06 bits per heavy atom. The van der Waals surface area contributed by atoms with Gasteiger partial charge in [-0.25, -0.2) is 0 Å². The zero-order chi connectivity index (χ0) is 12.0. The summed E-state index contributed by atoms with van der Waals surface area (Å²) in [7, 11) is 0. The first-order chi connectivity index (χ1) is 7.61. The van der Waals surface area contributed by atoms with Crippen LogP contribution >= 0.6 is 0 Å². The third kappa shape index (κ3) is 6.23. The topological polar surface area (TPSA) is 9.86 Å². The van der Waals surface area contributed by atoms with Gasteiger partial charge in [-0.3, -0.25) is 0 Å². The molecule has 0 aliphatic carbocycles. The fourth-order valence-electron chi connectivity index (χ4n) is 1.28. The largest absolute Gasteiger partial charge is 0.381 e. The molecule has 0 aromatic carbocycles. The van der Waals surface area contributed by atoms with E-state index in [0.717, 1.165) is 0 Å². The molecule has 17 heavy (non-hydrogen) atoms. The monoisotopic (exact) mass is 305 g/mol. The summed E-state index contributed by atoms with van der Waals surface area (Å²) in [6.07, 6.45) is 8.05. The van der Waals surface area contributed by atoms with E-state index >= 15 is 0 Å². The van der Waals surface area contributed by atoms with Crippen LogP contribution in [0.25, 0.3) is 0 Å². The van der Waals surface area contributed by atoms with Crippen LogP contribution in [-0.4, -0.2) is 9.13 Å². The fourth-order valence-corrected chi connectivity index (χ4v) is 1.28. The van der Waals surface area contributed by atoms with E-state index in [9.17, 15) is 0 Å². The van der Waals surface area contributed by atoms with Crippen molar-refractivity contribution in [2.45, 2.75) is 25.9 Å². The summed E-state index contributed by atoms with van der Waals surface area (Å²) in [4.78, 5) is 0. The molecule has 0 unspecified atom stereocenters. The molecule has 2 aromatic heterocycles. The van der Waals surface area contributed by atoms with Crippen molar-refractivity contribution < 1.29 is 32.7 Å². The van der Waals surface area contributed by atoms with Crippen molar-refractivity contribution in [2.24, 2.45) is 0 Å². The molecule has 91 valence electrons. The molecule has 2 heterocycles. The van der Waals surface area contributed by atoms with Gasteiger partial charge >= 0.3 is 0 Å². The molecule has 0 N–H and O–H groups in total. The molecule has 0 aliphatic rings. The quantitative estimate of drug-likeness (QED) is 0.748. The van der Waals surface area contributed by atoms with Crippen molar-refractivity contribution in [3.05, 3.63) is 62.9 Å². The Morgan fingerprint density at radius 2 is 0.941 bits per heavy atom. The Hall–Kier alpha value is -0.336. The number of hydrogen-bond acceptors (Lipinski definition) is 0. The van der Waals surface area contributed by atoms with Gasteiger partial charge in [0.1, 0.15) is 0 Å². The molecular formula is C14H20N2Y-2. The number of rotatable bonds is 2. The molecule has 2 aromatic rings. The summed E-state index contributed by atoms with van der Waals surface area (Å²) in [5, 5.41) is 0. The molecule has 1 radical (unpaired) electrons. The van der Waals surface area contributed by atoms with Gasteiger partial charge in [0.15, 0.2) is 0 Å². The second kappa shape index (κ2) is 8.71. The first-order valence-electron chi connectivity index (χ1n) is 5.52. The van der Waals surface area contributed by atoms with Crippen LogP contribution in [0.1, 0.15) is 25.9 Å². The molecule has 0 saturated heterocycles. The Balaban J connectivity index is 0.000000284. The van der Waals surface area contributed by atoms with Gasteiger partial charge in [0.25, 0.3) is 0 Å². The summed E-state index contributed by atoms with van der Waals surface area (Å²) in [6.45, 7) is 11.8. The van der Waals surface area contributed by atoms with E-state index in [0.29, 0.717) is 12.1 Å². The molecule has 0 amide bonds. The van der Waals surface area contributed by atoms with Crippen LogP contribution in [0.15, 0.2) is 49.1 Å². The minimum atomic E-state index is 0. The third-order valence-electron chi connectivity index (χ3n) is 2.27. The van der Waals surface area contributed by atoms with Crippen LogP contribution in [0.4, 0.5) is 0 Å². The minimum absolute atomic E-state index is 0. The Bertz CT molecular complexity index is 323. The van der Waals surface area contributed by atoms with Gasteiger partial charge in [0, 0.05) is 57.5 Å². The smallest absolute Gasteiger partial charge is 0.000833 e. The van der Waals surface area contributed by atoms with Crippen molar-refractivity contribution in [1.82, 2.24) is 9.13 Å². The molecule has 2 rings (SSSR count). The van der Waals surface area contributed by atoms with E-state index in [1.807, 2.05) is 49.1 Å². The van der Waals surface area contributed by atoms with Gasteiger partial charge in [-0.05, 0) is 24.3 Å². The second-order valence-electron chi connectivity index (χ2n) is 3.96. The average molecular weight is 305 g/mol. The Morgan fingerprint density at radius 1 is 0.706 bits per heavy atom. The average Bonchev–Trinajstić information content (AvgIpc) is 2.93. The van der Waals surface area contributed by atoms with Crippen LogP contribution in [0.5, 0.6) is 0 Å². The normalized spacial score (nSPS) is 12.9. The van der Waals surface area contributed by atoms with Crippen molar-refractivity contribution in [3.8, 4) is 0 Å². The molecule has 2 nitrogen and oxygen atoms in total. The SMILES string of the molecule is [CH2-][C@H](C)n1cccc1.[CH2-][C@H](C)n1cccc1.[Y]. The van der Waals surface area contributed by atoms with Gasteiger partial charge in [-0.15, -0.1) is 0 Å². The zero-order valence-corrected chi connectivity index (χ0v) is 13.5. The van der Waals surface area contributed by atoms with Crippen LogP contribution < -0.4 is 0 Å². The van der Waals surface area contributed by atoms with E-state index in [4.69, 9.17) is 0 Å². The van der Waals surface area contributed by atoms with Gasteiger partial charge in [0.2, 0.25) is 0 Å². The molecule has 0 fully saturated rings. The summed E-state index contributed by atoms with van der Waals surface area (Å²) >= 11 is 0. The maximum Gasteiger partial charge on any atom is 0.000833 e. The maximum absolute atomic E-state index is 3.84. The predicted molar refractivity (Wildman–Crippen MR) is 69.0 cm³/mol. The van der Waals surface area contributed by atoms with Crippen LogP contribution in [0.3, 0.4) is 0 Å². The Labute approximate surface area is 130 Å². The summed E-state index contributed by atoms with van der Waals surface area (Å²) < 4.78 is 4.11. The van der Waals surface area contributed by atoms with E-state index in [1.165, 1.54) is 0 Å². The molecule has 2 atom stereocenters. The van der Waals surface area contributed by atoms with Crippen molar-refractivity contribution in [2.75, 3.05) is 0 Å². The maximum atomic E-state index is 3.84. The zero-order valence-electron chi connectivity index (χ0n) is 10.7. The predicted octanol–water partition coefficient (Wildman–Crippen LogP) is 3.76. The van der Waals surface area contributed by atoms with E-state index in [2.05, 4.69) is 36.8 Å². The van der Waals surface area contributed by atoms with Gasteiger partial charge in [0.05, 0.1) is 0 Å². The van der Waals surface area contributed by atoms with Crippen LogP contribution in [0.2, 0.25) is 0 Å². The third-order valence-corrected chi connectivity index (χ3v) is 2.27. The summed E-state index contributed by atoms with van der Waals surface area (Å²) in [5.41, 5.74) is 0. The van der Waals surface area contributed by atoms with E-state index < -0.39 is 0 Å². The molecule has 0 aliphatic heterocycles. The molecule has 3 heteroatoms. The summed E-state index contributed by atoms with van der Waals surface area (Å²) in [5.74, 6) is 0. The fraction of sp³-hybridized carbons (Fsp3) is 0.286. The number of hydrogen-bond donors (Lipinski definition) is 0. The van der Waals surface area contributed by atoms with Gasteiger partial charge < -0.3 is 23.0 Å². The molecule has 0 bridgehead atoms. The number of aromatic nitrogens is 2. The first kappa shape index (κ1) is 16.7. The molecule has 0 saturated carbocycles.